The minimum absolute atomic E-state index is 0.0944. The molecule has 0 unspecified atom stereocenters. The fraction of sp³-hybridized carbons (Fsp3) is 1.00. The lowest BCUT2D eigenvalue weighted by Gasteiger charge is -2.34. The number of ether oxygens (including phenoxy) is 1. The fourth-order valence-electron chi connectivity index (χ4n) is 1.76. The van der Waals surface area contributed by atoms with Gasteiger partial charge in [0.1, 0.15) is 0 Å². The van der Waals surface area contributed by atoms with Crippen molar-refractivity contribution in [2.75, 3.05) is 6.61 Å². The van der Waals surface area contributed by atoms with Gasteiger partial charge in [0.25, 0.3) is 0 Å². The van der Waals surface area contributed by atoms with Crippen molar-refractivity contribution in [1.82, 2.24) is 0 Å². The van der Waals surface area contributed by atoms with Crippen LogP contribution in [0.15, 0.2) is 0 Å². The van der Waals surface area contributed by atoms with E-state index in [1.807, 2.05) is 13.8 Å². The van der Waals surface area contributed by atoms with Gasteiger partial charge in [0.2, 0.25) is 0 Å². The van der Waals surface area contributed by atoms with E-state index >= 15 is 0 Å². The van der Waals surface area contributed by atoms with Crippen molar-refractivity contribution in [3.63, 3.8) is 0 Å². The molecule has 0 saturated carbocycles. The Morgan fingerprint density at radius 1 is 1.36 bits per heavy atom. The molecule has 11 heavy (non-hydrogen) atoms. The van der Waals surface area contributed by atoms with Crippen LogP contribution in [0.25, 0.3) is 0 Å². The highest BCUT2D eigenvalue weighted by molar-refractivity contribution is 4.80. The predicted molar refractivity (Wildman–Crippen MR) is 38.7 cm³/mol. The molecule has 2 atom stereocenters. The lowest BCUT2D eigenvalue weighted by molar-refractivity contribution is -0.445. The van der Waals surface area contributed by atoms with E-state index < -0.39 is 0 Å². The minimum atomic E-state index is -0.130. The molecule has 2 fully saturated rings. The molecular weight excluding hydrogens is 144 g/mol. The maximum Gasteiger partial charge on any atom is 0.194 e. The van der Waals surface area contributed by atoms with Gasteiger partial charge in [0.05, 0.1) is 12.2 Å². The first-order valence-corrected chi connectivity index (χ1v) is 4.13. The Kier molecular flexibility index (Phi) is 1.67. The Hall–Kier alpha value is -0.120. The summed E-state index contributed by atoms with van der Waals surface area (Å²) in [5, 5.41) is 0. The van der Waals surface area contributed by atoms with Crippen molar-refractivity contribution in [2.24, 2.45) is 5.92 Å². The van der Waals surface area contributed by atoms with E-state index in [-0.39, 0.29) is 11.9 Å². The van der Waals surface area contributed by atoms with Crippen LogP contribution in [-0.4, -0.2) is 18.5 Å². The number of fused-ring (bicyclic) bond motifs is 1. The first-order valence-electron chi connectivity index (χ1n) is 4.13. The van der Waals surface area contributed by atoms with Crippen LogP contribution in [-0.2, 0) is 14.5 Å². The lowest BCUT2D eigenvalue weighted by atomic mass is 9.91. The third-order valence-corrected chi connectivity index (χ3v) is 2.28. The molecule has 0 radical (unpaired) electrons. The standard InChI is InChI=1S/C8H14O3/c1-8(2)5-6-3-4-9-7(6)10-11-8/h6-7H,3-5H2,1-2H3/t6-,7+/m0/s1. The van der Waals surface area contributed by atoms with E-state index in [0.717, 1.165) is 19.4 Å². The lowest BCUT2D eigenvalue weighted by Crippen LogP contribution is -2.39. The molecule has 0 aliphatic carbocycles. The molecular formula is C8H14O3. The Balaban J connectivity index is 2.02. The van der Waals surface area contributed by atoms with Gasteiger partial charge in [-0.15, -0.1) is 0 Å². The highest BCUT2D eigenvalue weighted by Gasteiger charge is 2.40. The van der Waals surface area contributed by atoms with Crippen molar-refractivity contribution >= 4 is 0 Å². The molecule has 3 nitrogen and oxygen atoms in total. The van der Waals surface area contributed by atoms with E-state index in [2.05, 4.69) is 0 Å². The van der Waals surface area contributed by atoms with Crippen LogP contribution >= 0.6 is 0 Å². The Morgan fingerprint density at radius 3 is 3.00 bits per heavy atom. The van der Waals surface area contributed by atoms with Gasteiger partial charge in [-0.05, 0) is 26.7 Å². The van der Waals surface area contributed by atoms with Crippen LogP contribution in [0.1, 0.15) is 26.7 Å². The van der Waals surface area contributed by atoms with Crippen molar-refractivity contribution in [2.45, 2.75) is 38.6 Å². The van der Waals surface area contributed by atoms with Gasteiger partial charge < -0.3 is 4.74 Å². The van der Waals surface area contributed by atoms with Gasteiger partial charge in [-0.1, -0.05) is 0 Å². The van der Waals surface area contributed by atoms with Crippen LogP contribution in [0.5, 0.6) is 0 Å². The normalized spacial score (nSPS) is 42.0. The molecule has 2 heterocycles. The van der Waals surface area contributed by atoms with Gasteiger partial charge >= 0.3 is 0 Å². The third-order valence-electron chi connectivity index (χ3n) is 2.28. The van der Waals surface area contributed by atoms with Crippen molar-refractivity contribution in [1.29, 1.82) is 0 Å². The van der Waals surface area contributed by atoms with E-state index in [0.29, 0.717) is 5.92 Å². The van der Waals surface area contributed by atoms with Gasteiger partial charge in [0, 0.05) is 5.92 Å². The zero-order chi connectivity index (χ0) is 7.90. The molecule has 0 spiro atoms. The van der Waals surface area contributed by atoms with Gasteiger partial charge in [-0.25, -0.2) is 9.78 Å². The summed E-state index contributed by atoms with van der Waals surface area (Å²) in [6, 6.07) is 0. The monoisotopic (exact) mass is 158 g/mol. The summed E-state index contributed by atoms with van der Waals surface area (Å²) >= 11 is 0. The molecule has 0 bridgehead atoms. The predicted octanol–water partition coefficient (Wildman–Crippen LogP) is 1.48. The first-order chi connectivity index (χ1) is 5.17. The Labute approximate surface area is 66.6 Å². The van der Waals surface area contributed by atoms with Gasteiger partial charge in [-0.2, -0.15) is 0 Å². The van der Waals surface area contributed by atoms with E-state index in [9.17, 15) is 0 Å². The van der Waals surface area contributed by atoms with Crippen molar-refractivity contribution in [3.05, 3.63) is 0 Å². The molecule has 0 aromatic heterocycles. The first kappa shape index (κ1) is 7.53. The fourth-order valence-corrected chi connectivity index (χ4v) is 1.76. The molecule has 64 valence electrons. The maximum absolute atomic E-state index is 5.30. The number of hydrogen-bond donors (Lipinski definition) is 0. The average molecular weight is 158 g/mol. The highest BCUT2D eigenvalue weighted by atomic mass is 17.2. The average Bonchev–Trinajstić information content (AvgIpc) is 2.31. The molecule has 0 N–H and O–H groups in total. The highest BCUT2D eigenvalue weighted by Crippen LogP contribution is 2.36. The smallest absolute Gasteiger partial charge is 0.194 e. The van der Waals surface area contributed by atoms with Crippen LogP contribution in [0.4, 0.5) is 0 Å². The largest absolute Gasteiger partial charge is 0.349 e. The molecule has 0 amide bonds. The van der Waals surface area contributed by atoms with Crippen LogP contribution < -0.4 is 0 Å². The zero-order valence-corrected chi connectivity index (χ0v) is 7.00. The molecule has 2 rings (SSSR count). The van der Waals surface area contributed by atoms with Crippen molar-refractivity contribution in [3.8, 4) is 0 Å². The summed E-state index contributed by atoms with van der Waals surface area (Å²) in [5.41, 5.74) is -0.130. The zero-order valence-electron chi connectivity index (χ0n) is 7.00. The third kappa shape index (κ3) is 1.41. The topological polar surface area (TPSA) is 27.7 Å². The summed E-state index contributed by atoms with van der Waals surface area (Å²) in [6.45, 7) is 4.90. The summed E-state index contributed by atoms with van der Waals surface area (Å²) in [6.07, 6.45) is 2.05. The van der Waals surface area contributed by atoms with E-state index in [1.54, 1.807) is 0 Å². The van der Waals surface area contributed by atoms with E-state index in [4.69, 9.17) is 14.5 Å². The summed E-state index contributed by atoms with van der Waals surface area (Å²) in [7, 11) is 0. The Bertz CT molecular complexity index is 155. The van der Waals surface area contributed by atoms with Crippen molar-refractivity contribution < 1.29 is 14.5 Å². The SMILES string of the molecule is CC1(C)C[C@@H]2CCO[C@@H]2OO1. The maximum atomic E-state index is 5.30. The summed E-state index contributed by atoms with van der Waals surface area (Å²) < 4.78 is 5.30. The molecule has 0 aromatic rings. The van der Waals surface area contributed by atoms with E-state index in [1.165, 1.54) is 0 Å². The van der Waals surface area contributed by atoms with Gasteiger partial charge in [0.15, 0.2) is 6.29 Å². The number of rotatable bonds is 0. The molecule has 3 heteroatoms. The van der Waals surface area contributed by atoms with Crippen LogP contribution in [0, 0.1) is 5.92 Å². The molecule has 2 aliphatic heterocycles. The second-order valence-electron chi connectivity index (χ2n) is 3.93. The second-order valence-corrected chi connectivity index (χ2v) is 3.93. The quantitative estimate of drug-likeness (QED) is 0.500. The Morgan fingerprint density at radius 2 is 2.18 bits per heavy atom. The number of hydrogen-bond acceptors (Lipinski definition) is 3. The molecule has 2 saturated heterocycles. The van der Waals surface area contributed by atoms with Crippen LogP contribution in [0.2, 0.25) is 0 Å². The van der Waals surface area contributed by atoms with Gasteiger partial charge in [-0.3, -0.25) is 0 Å². The van der Waals surface area contributed by atoms with Crippen LogP contribution in [0.3, 0.4) is 0 Å². The summed E-state index contributed by atoms with van der Waals surface area (Å²) in [4.78, 5) is 10.2. The second kappa shape index (κ2) is 2.44. The molecule has 2 aliphatic rings. The minimum Gasteiger partial charge on any atom is -0.349 e. The summed E-state index contributed by atoms with van der Waals surface area (Å²) in [5.74, 6) is 0.541. The molecule has 0 aromatic carbocycles.